The Bertz CT molecular complexity index is 343. The van der Waals surface area contributed by atoms with Gasteiger partial charge in [0.25, 0.3) is 5.91 Å². The Hall–Kier alpha value is -0.840. The number of hydrogen-bond acceptors (Lipinski definition) is 2. The van der Waals surface area contributed by atoms with Gasteiger partial charge in [-0.05, 0) is 28.8 Å². The summed E-state index contributed by atoms with van der Waals surface area (Å²) in [6.07, 6.45) is 3.95. The highest BCUT2D eigenvalue weighted by Gasteiger charge is 2.25. The molecule has 0 aliphatic heterocycles. The number of carbonyl (C=O) groups is 1. The lowest BCUT2D eigenvalue weighted by atomic mass is 10.4. The van der Waals surface area contributed by atoms with Gasteiger partial charge in [-0.1, -0.05) is 0 Å². The van der Waals surface area contributed by atoms with E-state index in [1.165, 1.54) is 0 Å². The van der Waals surface area contributed by atoms with E-state index in [0.29, 0.717) is 11.7 Å². The summed E-state index contributed by atoms with van der Waals surface area (Å²) in [6.45, 7) is 0. The van der Waals surface area contributed by atoms with Gasteiger partial charge in [-0.25, -0.2) is 0 Å². The van der Waals surface area contributed by atoms with Crippen LogP contribution in [-0.2, 0) is 7.05 Å². The van der Waals surface area contributed by atoms with Crippen molar-refractivity contribution in [3.63, 3.8) is 0 Å². The molecule has 0 saturated heterocycles. The average Bonchev–Trinajstić information content (AvgIpc) is 2.77. The molecule has 1 aromatic rings. The molecule has 1 fully saturated rings. The quantitative estimate of drug-likeness (QED) is 0.845. The SMILES string of the molecule is Cn1cc(Br)c(C(=O)NC2CC2)n1. The third-order valence-electron chi connectivity index (χ3n) is 1.91. The van der Waals surface area contributed by atoms with Gasteiger partial charge in [0, 0.05) is 19.3 Å². The van der Waals surface area contributed by atoms with Crippen molar-refractivity contribution in [2.24, 2.45) is 7.05 Å². The lowest BCUT2D eigenvalue weighted by Gasteiger charge is -1.98. The predicted octanol–water partition coefficient (Wildman–Crippen LogP) is 1.07. The predicted molar refractivity (Wildman–Crippen MR) is 51.4 cm³/mol. The Morgan fingerprint density at radius 1 is 1.77 bits per heavy atom. The molecule has 0 spiro atoms. The average molecular weight is 244 g/mol. The lowest BCUT2D eigenvalue weighted by molar-refractivity contribution is 0.0944. The molecule has 1 aliphatic rings. The molecule has 0 bridgehead atoms. The molecule has 1 saturated carbocycles. The van der Waals surface area contributed by atoms with Crippen LogP contribution in [0.3, 0.4) is 0 Å². The van der Waals surface area contributed by atoms with Crippen LogP contribution in [0, 0.1) is 0 Å². The zero-order valence-electron chi connectivity index (χ0n) is 7.25. The van der Waals surface area contributed by atoms with Crippen molar-refractivity contribution >= 4 is 21.8 Å². The van der Waals surface area contributed by atoms with Crippen LogP contribution in [0.15, 0.2) is 10.7 Å². The van der Waals surface area contributed by atoms with E-state index in [1.807, 2.05) is 0 Å². The molecule has 1 amide bonds. The van der Waals surface area contributed by atoms with Crippen LogP contribution in [0.25, 0.3) is 0 Å². The van der Waals surface area contributed by atoms with Crippen LogP contribution >= 0.6 is 15.9 Å². The summed E-state index contributed by atoms with van der Waals surface area (Å²) >= 11 is 3.28. The smallest absolute Gasteiger partial charge is 0.273 e. The van der Waals surface area contributed by atoms with Crippen molar-refractivity contribution in [2.75, 3.05) is 0 Å². The maximum absolute atomic E-state index is 11.5. The van der Waals surface area contributed by atoms with Gasteiger partial charge in [0.05, 0.1) is 4.47 Å². The van der Waals surface area contributed by atoms with Crippen molar-refractivity contribution in [3.8, 4) is 0 Å². The van der Waals surface area contributed by atoms with E-state index in [9.17, 15) is 4.79 Å². The second-order valence-electron chi connectivity index (χ2n) is 3.25. The molecule has 1 aromatic heterocycles. The van der Waals surface area contributed by atoms with E-state index < -0.39 is 0 Å². The molecule has 0 radical (unpaired) electrons. The first-order chi connectivity index (χ1) is 6.16. The Morgan fingerprint density at radius 3 is 2.92 bits per heavy atom. The van der Waals surface area contributed by atoms with Gasteiger partial charge in [0.2, 0.25) is 0 Å². The summed E-state index contributed by atoms with van der Waals surface area (Å²) < 4.78 is 2.36. The summed E-state index contributed by atoms with van der Waals surface area (Å²) in [4.78, 5) is 11.5. The Labute approximate surface area is 84.4 Å². The Morgan fingerprint density at radius 2 is 2.46 bits per heavy atom. The number of rotatable bonds is 2. The molecular weight excluding hydrogens is 234 g/mol. The number of carbonyl (C=O) groups excluding carboxylic acids is 1. The number of aromatic nitrogens is 2. The van der Waals surface area contributed by atoms with Crippen molar-refractivity contribution in [2.45, 2.75) is 18.9 Å². The molecule has 1 N–H and O–H groups in total. The fourth-order valence-electron chi connectivity index (χ4n) is 1.09. The van der Waals surface area contributed by atoms with E-state index in [1.54, 1.807) is 17.9 Å². The van der Waals surface area contributed by atoms with Crippen LogP contribution in [0.5, 0.6) is 0 Å². The summed E-state index contributed by atoms with van der Waals surface area (Å²) in [7, 11) is 1.79. The first kappa shape index (κ1) is 8.74. The minimum Gasteiger partial charge on any atom is -0.348 e. The standard InChI is InChI=1S/C8H10BrN3O/c1-12-4-6(9)7(11-12)8(13)10-5-2-3-5/h4-5H,2-3H2,1H3,(H,10,13). The number of hydrogen-bond donors (Lipinski definition) is 1. The number of nitrogens with one attached hydrogen (secondary N) is 1. The first-order valence-electron chi connectivity index (χ1n) is 4.17. The maximum Gasteiger partial charge on any atom is 0.273 e. The fourth-order valence-corrected chi connectivity index (χ4v) is 1.65. The normalized spacial score (nSPS) is 15.8. The van der Waals surface area contributed by atoms with E-state index in [4.69, 9.17) is 0 Å². The number of aryl methyl sites for hydroxylation is 1. The molecule has 5 heteroatoms. The van der Waals surface area contributed by atoms with Gasteiger partial charge in [0.15, 0.2) is 5.69 Å². The zero-order valence-corrected chi connectivity index (χ0v) is 8.84. The van der Waals surface area contributed by atoms with Crippen LogP contribution < -0.4 is 5.32 Å². The van der Waals surface area contributed by atoms with Gasteiger partial charge in [-0.2, -0.15) is 5.10 Å². The van der Waals surface area contributed by atoms with Gasteiger partial charge >= 0.3 is 0 Å². The molecule has 0 unspecified atom stereocenters. The van der Waals surface area contributed by atoms with Crippen LogP contribution in [0.4, 0.5) is 0 Å². The minimum atomic E-state index is -0.0880. The van der Waals surface area contributed by atoms with Crippen molar-refractivity contribution in [3.05, 3.63) is 16.4 Å². The van der Waals surface area contributed by atoms with Crippen LogP contribution in [-0.4, -0.2) is 21.7 Å². The number of halogens is 1. The second-order valence-corrected chi connectivity index (χ2v) is 4.10. The minimum absolute atomic E-state index is 0.0880. The van der Waals surface area contributed by atoms with Gasteiger partial charge < -0.3 is 5.32 Å². The number of nitrogens with zero attached hydrogens (tertiary/aromatic N) is 2. The Balaban J connectivity index is 2.13. The highest BCUT2D eigenvalue weighted by molar-refractivity contribution is 9.10. The molecule has 0 atom stereocenters. The Kier molecular flexibility index (Phi) is 2.11. The van der Waals surface area contributed by atoms with E-state index in [2.05, 4.69) is 26.3 Å². The largest absolute Gasteiger partial charge is 0.348 e. The van der Waals surface area contributed by atoms with Crippen molar-refractivity contribution < 1.29 is 4.79 Å². The molecule has 1 aliphatic carbocycles. The molecule has 2 rings (SSSR count). The maximum atomic E-state index is 11.5. The van der Waals surface area contributed by atoms with Crippen LogP contribution in [0.2, 0.25) is 0 Å². The zero-order chi connectivity index (χ0) is 9.42. The molecule has 4 nitrogen and oxygen atoms in total. The lowest BCUT2D eigenvalue weighted by Crippen LogP contribution is -2.26. The third-order valence-corrected chi connectivity index (χ3v) is 2.49. The summed E-state index contributed by atoms with van der Waals surface area (Å²) in [5.74, 6) is -0.0880. The first-order valence-corrected chi connectivity index (χ1v) is 4.96. The highest BCUT2D eigenvalue weighted by atomic mass is 79.9. The number of amides is 1. The van der Waals surface area contributed by atoms with E-state index in [0.717, 1.165) is 17.3 Å². The van der Waals surface area contributed by atoms with E-state index in [-0.39, 0.29) is 5.91 Å². The van der Waals surface area contributed by atoms with Gasteiger partial charge in [-0.15, -0.1) is 0 Å². The topological polar surface area (TPSA) is 46.9 Å². The van der Waals surface area contributed by atoms with Crippen molar-refractivity contribution in [1.82, 2.24) is 15.1 Å². The fraction of sp³-hybridized carbons (Fsp3) is 0.500. The summed E-state index contributed by atoms with van der Waals surface area (Å²) in [6, 6.07) is 0.376. The van der Waals surface area contributed by atoms with Gasteiger partial charge in [0.1, 0.15) is 0 Å². The van der Waals surface area contributed by atoms with Gasteiger partial charge in [-0.3, -0.25) is 9.48 Å². The highest BCUT2D eigenvalue weighted by Crippen LogP contribution is 2.20. The van der Waals surface area contributed by atoms with E-state index >= 15 is 0 Å². The summed E-state index contributed by atoms with van der Waals surface area (Å²) in [5.41, 5.74) is 0.467. The molecule has 1 heterocycles. The third kappa shape index (κ3) is 1.91. The molecule has 70 valence electrons. The second kappa shape index (κ2) is 3.14. The monoisotopic (exact) mass is 243 g/mol. The molecular formula is C8H10BrN3O. The molecule has 13 heavy (non-hydrogen) atoms. The van der Waals surface area contributed by atoms with Crippen LogP contribution in [0.1, 0.15) is 23.3 Å². The van der Waals surface area contributed by atoms with Crippen molar-refractivity contribution in [1.29, 1.82) is 0 Å². The summed E-state index contributed by atoms with van der Waals surface area (Å²) in [5, 5.41) is 6.93. The molecule has 0 aromatic carbocycles.